The minimum atomic E-state index is -4.06. The monoisotopic (exact) mass is 472 g/mol. The van der Waals surface area contributed by atoms with E-state index in [0.29, 0.717) is 17.3 Å². The second-order valence-corrected chi connectivity index (χ2v) is 9.68. The van der Waals surface area contributed by atoms with Crippen molar-refractivity contribution in [2.75, 3.05) is 25.0 Å². The number of anilines is 1. The third-order valence-corrected chi connectivity index (χ3v) is 6.99. The fraction of sp³-hybridized carbons (Fsp3) is 0.208. The van der Waals surface area contributed by atoms with Crippen LogP contribution < -0.4 is 9.04 Å². The number of likely N-dealkylation sites (N-methyl/N-ethyl adjacent to an activating group) is 1. The molecule has 8 heteroatoms. The molecule has 168 valence electrons. The van der Waals surface area contributed by atoms with Gasteiger partial charge in [-0.2, -0.15) is 0 Å². The maximum atomic E-state index is 13.5. The summed E-state index contributed by atoms with van der Waals surface area (Å²) in [6.07, 6.45) is 0. The number of carbonyl (C=O) groups excluding carboxylic acids is 1. The lowest BCUT2D eigenvalue weighted by Gasteiger charge is -2.28. The molecule has 0 bridgehead atoms. The Bertz CT molecular complexity index is 1180. The van der Waals surface area contributed by atoms with Crippen LogP contribution in [0.25, 0.3) is 0 Å². The van der Waals surface area contributed by atoms with Crippen LogP contribution in [0.1, 0.15) is 11.1 Å². The van der Waals surface area contributed by atoms with Crippen LogP contribution in [0.5, 0.6) is 5.75 Å². The number of halogens is 1. The summed E-state index contributed by atoms with van der Waals surface area (Å²) < 4.78 is 33.5. The molecule has 0 heterocycles. The summed E-state index contributed by atoms with van der Waals surface area (Å²) in [4.78, 5) is 14.7. The van der Waals surface area contributed by atoms with Gasteiger partial charge in [0.05, 0.1) is 17.7 Å². The highest BCUT2D eigenvalue weighted by atomic mass is 35.5. The second kappa shape index (κ2) is 10.1. The normalized spacial score (nSPS) is 11.1. The summed E-state index contributed by atoms with van der Waals surface area (Å²) in [5.41, 5.74) is 2.26. The molecule has 3 aromatic carbocycles. The molecular formula is C24H25ClN2O4S. The smallest absolute Gasteiger partial charge is 0.264 e. The lowest BCUT2D eigenvalue weighted by atomic mass is 10.1. The summed E-state index contributed by atoms with van der Waals surface area (Å²) in [6, 6.07) is 20.4. The average Bonchev–Trinajstić information content (AvgIpc) is 2.79. The first-order chi connectivity index (χ1) is 15.2. The fourth-order valence-electron chi connectivity index (χ4n) is 3.18. The van der Waals surface area contributed by atoms with Crippen LogP contribution in [0.3, 0.4) is 0 Å². The highest BCUT2D eigenvalue weighted by Crippen LogP contribution is 2.34. The number of hydrogen-bond acceptors (Lipinski definition) is 4. The molecular weight excluding hydrogens is 448 g/mol. The molecule has 3 aromatic rings. The van der Waals surface area contributed by atoms with Gasteiger partial charge in [-0.3, -0.25) is 9.10 Å². The van der Waals surface area contributed by atoms with Gasteiger partial charge in [-0.1, -0.05) is 59.6 Å². The maximum Gasteiger partial charge on any atom is 0.264 e. The third-order valence-electron chi connectivity index (χ3n) is 4.99. The Hall–Kier alpha value is -3.03. The Balaban J connectivity index is 1.97. The summed E-state index contributed by atoms with van der Waals surface area (Å²) in [6.45, 7) is 1.94. The first-order valence-electron chi connectivity index (χ1n) is 9.93. The van der Waals surface area contributed by atoms with Crippen molar-refractivity contribution in [3.63, 3.8) is 0 Å². The number of hydrogen-bond donors (Lipinski definition) is 0. The number of ether oxygens (including phenoxy) is 1. The van der Waals surface area contributed by atoms with E-state index in [0.717, 1.165) is 15.4 Å². The highest BCUT2D eigenvalue weighted by Gasteiger charge is 2.30. The quantitative estimate of drug-likeness (QED) is 0.483. The lowest BCUT2D eigenvalue weighted by Crippen LogP contribution is -2.41. The van der Waals surface area contributed by atoms with Gasteiger partial charge < -0.3 is 9.64 Å². The number of amides is 1. The van der Waals surface area contributed by atoms with Crippen molar-refractivity contribution in [3.8, 4) is 5.75 Å². The number of carbonyl (C=O) groups is 1. The van der Waals surface area contributed by atoms with Crippen molar-refractivity contribution in [2.24, 2.45) is 0 Å². The summed E-state index contributed by atoms with van der Waals surface area (Å²) in [5.74, 6) is -0.0741. The third kappa shape index (κ3) is 5.41. The molecule has 6 nitrogen and oxygen atoms in total. The Kier molecular flexibility index (Phi) is 7.43. The van der Waals surface area contributed by atoms with E-state index in [4.69, 9.17) is 16.3 Å². The van der Waals surface area contributed by atoms with Crippen LogP contribution in [-0.4, -0.2) is 39.9 Å². The maximum absolute atomic E-state index is 13.5. The Morgan fingerprint density at radius 1 is 1.00 bits per heavy atom. The van der Waals surface area contributed by atoms with Crippen molar-refractivity contribution >= 4 is 33.2 Å². The SMILES string of the molecule is COc1ccc(Cl)cc1N(CC(=O)N(C)Cc1ccc(C)cc1)S(=O)(=O)c1ccccc1. The summed E-state index contributed by atoms with van der Waals surface area (Å²) in [7, 11) is -0.984. The van der Waals surface area contributed by atoms with E-state index in [1.54, 1.807) is 37.4 Å². The molecule has 32 heavy (non-hydrogen) atoms. The van der Waals surface area contributed by atoms with Crippen LogP contribution in [0.15, 0.2) is 77.7 Å². The minimum absolute atomic E-state index is 0.0658. The van der Waals surface area contributed by atoms with E-state index in [1.165, 1.54) is 30.2 Å². The van der Waals surface area contributed by atoms with Crippen molar-refractivity contribution < 1.29 is 17.9 Å². The Morgan fingerprint density at radius 2 is 1.66 bits per heavy atom. The molecule has 3 rings (SSSR count). The zero-order chi connectivity index (χ0) is 23.3. The van der Waals surface area contributed by atoms with E-state index in [-0.39, 0.29) is 16.5 Å². The van der Waals surface area contributed by atoms with Crippen LogP contribution in [0, 0.1) is 6.92 Å². The standard InChI is InChI=1S/C24H25ClN2O4S/c1-18-9-11-19(12-10-18)16-26(2)24(28)17-27(22-15-20(25)13-14-23(22)31-3)32(29,30)21-7-5-4-6-8-21/h4-15H,16-17H2,1-3H3. The van der Waals surface area contributed by atoms with Crippen molar-refractivity contribution in [1.82, 2.24) is 4.90 Å². The minimum Gasteiger partial charge on any atom is -0.495 e. The zero-order valence-electron chi connectivity index (χ0n) is 18.2. The van der Waals surface area contributed by atoms with Gasteiger partial charge >= 0.3 is 0 Å². The second-order valence-electron chi connectivity index (χ2n) is 7.38. The molecule has 0 saturated heterocycles. The number of aryl methyl sites for hydroxylation is 1. The van der Waals surface area contributed by atoms with Crippen LogP contribution >= 0.6 is 11.6 Å². The predicted molar refractivity (Wildman–Crippen MR) is 127 cm³/mol. The molecule has 0 unspecified atom stereocenters. The van der Waals surface area contributed by atoms with E-state index < -0.39 is 16.6 Å². The van der Waals surface area contributed by atoms with Crippen molar-refractivity contribution in [2.45, 2.75) is 18.4 Å². The van der Waals surface area contributed by atoms with Crippen molar-refractivity contribution in [3.05, 3.63) is 88.9 Å². The van der Waals surface area contributed by atoms with Crippen LogP contribution in [0.4, 0.5) is 5.69 Å². The first-order valence-corrected chi connectivity index (χ1v) is 11.7. The van der Waals surface area contributed by atoms with E-state index in [9.17, 15) is 13.2 Å². The molecule has 0 atom stereocenters. The van der Waals surface area contributed by atoms with Crippen LogP contribution in [0.2, 0.25) is 5.02 Å². The van der Waals surface area contributed by atoms with Gasteiger partial charge in [-0.15, -0.1) is 0 Å². The number of benzene rings is 3. The molecule has 0 aliphatic carbocycles. The van der Waals surface area contributed by atoms with Gasteiger partial charge in [-0.25, -0.2) is 8.42 Å². The number of nitrogens with zero attached hydrogens (tertiary/aromatic N) is 2. The highest BCUT2D eigenvalue weighted by molar-refractivity contribution is 7.92. The van der Waals surface area contributed by atoms with Gasteiger partial charge in [0.15, 0.2) is 0 Å². The molecule has 0 aromatic heterocycles. The van der Waals surface area contributed by atoms with E-state index in [1.807, 2.05) is 31.2 Å². The lowest BCUT2D eigenvalue weighted by molar-refractivity contribution is -0.128. The molecule has 0 aliphatic heterocycles. The average molecular weight is 473 g/mol. The molecule has 0 radical (unpaired) electrons. The van der Waals surface area contributed by atoms with Crippen LogP contribution in [-0.2, 0) is 21.4 Å². The topological polar surface area (TPSA) is 66.9 Å². The van der Waals surface area contributed by atoms with Gasteiger partial charge in [0.1, 0.15) is 12.3 Å². The van der Waals surface area contributed by atoms with E-state index in [2.05, 4.69) is 0 Å². The molecule has 0 aliphatic rings. The largest absolute Gasteiger partial charge is 0.495 e. The molecule has 0 fully saturated rings. The first kappa shape index (κ1) is 23.6. The molecule has 0 saturated carbocycles. The summed E-state index contributed by atoms with van der Waals surface area (Å²) in [5, 5.41) is 0.328. The number of sulfonamides is 1. The predicted octanol–water partition coefficient (Wildman–Crippen LogP) is 4.51. The Labute approximate surface area is 194 Å². The van der Waals surface area contributed by atoms with Crippen molar-refractivity contribution in [1.29, 1.82) is 0 Å². The van der Waals surface area contributed by atoms with E-state index >= 15 is 0 Å². The summed E-state index contributed by atoms with van der Waals surface area (Å²) >= 11 is 6.16. The molecule has 0 N–H and O–H groups in total. The Morgan fingerprint density at radius 3 is 2.28 bits per heavy atom. The number of methoxy groups -OCH3 is 1. The van der Waals surface area contributed by atoms with Gasteiger partial charge in [0, 0.05) is 18.6 Å². The molecule has 0 spiro atoms. The number of rotatable bonds is 8. The molecule has 1 amide bonds. The van der Waals surface area contributed by atoms with Gasteiger partial charge in [0.25, 0.3) is 10.0 Å². The fourth-order valence-corrected chi connectivity index (χ4v) is 4.78. The zero-order valence-corrected chi connectivity index (χ0v) is 19.7. The van der Waals surface area contributed by atoms with Gasteiger partial charge in [-0.05, 0) is 42.8 Å². The van der Waals surface area contributed by atoms with Gasteiger partial charge in [0.2, 0.25) is 5.91 Å².